The summed E-state index contributed by atoms with van der Waals surface area (Å²) in [5.74, 6) is 1.56. The number of hydrogen-bond acceptors (Lipinski definition) is 9. The van der Waals surface area contributed by atoms with Crippen LogP contribution in [0, 0.1) is 5.92 Å². The molecule has 4 N–H and O–H groups in total. The maximum absolute atomic E-state index is 14.2. The zero-order chi connectivity index (χ0) is 40.3. The Morgan fingerprint density at radius 2 is 1.33 bits per heavy atom. The number of rotatable bonds is 13. The summed E-state index contributed by atoms with van der Waals surface area (Å²) in [5, 5.41) is 0. The summed E-state index contributed by atoms with van der Waals surface area (Å²) in [6, 6.07) is 17.3. The first-order valence-electron chi connectivity index (χ1n) is 19.9. The van der Waals surface area contributed by atoms with E-state index in [1.54, 1.807) is 30.4 Å². The average molecular weight is 773 g/mol. The molecule has 14 heteroatoms. The van der Waals surface area contributed by atoms with Crippen molar-refractivity contribution in [3.8, 4) is 33.9 Å². The fourth-order valence-electron chi connectivity index (χ4n) is 8.12. The number of nitrogens with two attached hydrogens (primary N) is 1. The third-order valence-corrected chi connectivity index (χ3v) is 11.7. The quantitative estimate of drug-likeness (QED) is 0.116. The van der Waals surface area contributed by atoms with Crippen molar-refractivity contribution in [3.05, 3.63) is 96.6 Å². The van der Waals surface area contributed by atoms with Crippen molar-refractivity contribution in [2.45, 2.75) is 84.0 Å². The lowest BCUT2D eigenvalue weighted by Gasteiger charge is -2.36. The lowest BCUT2D eigenvalue weighted by atomic mass is 9.90. The normalized spacial score (nSPS) is 18.6. The van der Waals surface area contributed by atoms with Crippen LogP contribution in [0.5, 0.6) is 0 Å². The third-order valence-electron chi connectivity index (χ3n) is 11.7. The van der Waals surface area contributed by atoms with Gasteiger partial charge in [0, 0.05) is 42.5 Å². The summed E-state index contributed by atoms with van der Waals surface area (Å²) in [6.07, 6.45) is 9.38. The molecule has 4 atom stereocenters. The lowest BCUT2D eigenvalue weighted by molar-refractivity contribution is -0.155. The number of primary amides is 1. The minimum Gasteiger partial charge on any atom is -0.433 e. The molecule has 5 aromatic rings. The van der Waals surface area contributed by atoms with Crippen molar-refractivity contribution < 1.29 is 19.1 Å². The average Bonchev–Trinajstić information content (AvgIpc) is 4.07. The standard InChI is InChI=1S/C43H52N10O4/c1-6-51(7-2)36(29-13-9-8-10-14-29)40(54)52-21-11-15-34(52)38-47-25-32(49-38)28-17-19-30(20-18-28)37-45-23-31(24-46-37)33-26-48-39(50-33)35-16-12-22-53(35)41(55)43(5,27(3)4)57-42(44)56/h8-10,13-14,17-20,23-27,34-36H,6-7,11-12,15-16,21-22H2,1-5H3,(H2,44,56)(H,47,49)(H,48,50)/t34-,35-,36+,43-/m0/s1. The van der Waals surface area contributed by atoms with Gasteiger partial charge in [0.2, 0.25) is 5.91 Å². The van der Waals surface area contributed by atoms with E-state index in [1.165, 1.54) is 0 Å². The summed E-state index contributed by atoms with van der Waals surface area (Å²) in [7, 11) is 0. The molecule has 5 heterocycles. The lowest BCUT2D eigenvalue weighted by Crippen LogP contribution is -2.53. The van der Waals surface area contributed by atoms with Crippen molar-refractivity contribution in [2.75, 3.05) is 26.2 Å². The van der Waals surface area contributed by atoms with Crippen LogP contribution < -0.4 is 5.73 Å². The molecule has 0 bridgehead atoms. The molecule has 0 spiro atoms. The van der Waals surface area contributed by atoms with Crippen LogP contribution in [0.15, 0.2) is 79.4 Å². The number of nitrogens with zero attached hydrogens (tertiary/aromatic N) is 7. The van der Waals surface area contributed by atoms with Crippen LogP contribution in [0.3, 0.4) is 0 Å². The SMILES string of the molecule is CCN(CC)[C@@H](C(=O)N1CCC[C@H]1c1ncc(-c2ccc(-c3ncc(-c4cnc([C@@H]5CCCN5C(=O)[C@@](C)(OC(N)=O)C(C)C)[nH]4)cn3)cc2)[nH]1)c1ccccc1. The zero-order valence-electron chi connectivity index (χ0n) is 33.3. The van der Waals surface area contributed by atoms with Gasteiger partial charge >= 0.3 is 6.09 Å². The second-order valence-electron chi connectivity index (χ2n) is 15.3. The van der Waals surface area contributed by atoms with Crippen molar-refractivity contribution in [2.24, 2.45) is 11.7 Å². The van der Waals surface area contributed by atoms with Gasteiger partial charge in [0.15, 0.2) is 11.4 Å². The minimum atomic E-state index is -1.38. The number of carbonyl (C=O) groups is 3. The van der Waals surface area contributed by atoms with Crippen molar-refractivity contribution in [1.82, 2.24) is 44.6 Å². The third kappa shape index (κ3) is 7.91. The molecule has 2 aliphatic heterocycles. The van der Waals surface area contributed by atoms with E-state index in [1.807, 2.05) is 79.5 Å². The maximum atomic E-state index is 14.2. The van der Waals surface area contributed by atoms with Crippen LogP contribution in [-0.2, 0) is 14.3 Å². The van der Waals surface area contributed by atoms with Gasteiger partial charge in [-0.25, -0.2) is 24.7 Å². The highest BCUT2D eigenvalue weighted by atomic mass is 16.6. The maximum Gasteiger partial charge on any atom is 0.405 e. The summed E-state index contributed by atoms with van der Waals surface area (Å²) in [6.45, 7) is 12.3. The molecule has 3 amide bonds. The van der Waals surface area contributed by atoms with Gasteiger partial charge < -0.3 is 30.2 Å². The molecule has 0 saturated carbocycles. The van der Waals surface area contributed by atoms with E-state index in [2.05, 4.69) is 43.7 Å². The highest BCUT2D eigenvalue weighted by Gasteiger charge is 2.47. The molecule has 2 aromatic carbocycles. The Labute approximate surface area is 333 Å². The first kappa shape index (κ1) is 39.3. The molecule has 0 aliphatic carbocycles. The van der Waals surface area contributed by atoms with Crippen molar-refractivity contribution in [1.29, 1.82) is 0 Å². The van der Waals surface area contributed by atoms with Crippen LogP contribution in [-0.4, -0.2) is 94.3 Å². The summed E-state index contributed by atoms with van der Waals surface area (Å²) in [5.41, 5.74) is 9.15. The van der Waals surface area contributed by atoms with E-state index < -0.39 is 11.7 Å². The van der Waals surface area contributed by atoms with E-state index >= 15 is 0 Å². The number of aromatic nitrogens is 6. The summed E-state index contributed by atoms with van der Waals surface area (Å²) < 4.78 is 5.35. The van der Waals surface area contributed by atoms with Crippen LogP contribution >= 0.6 is 0 Å². The van der Waals surface area contributed by atoms with E-state index in [0.717, 1.165) is 78.2 Å². The Morgan fingerprint density at radius 3 is 1.89 bits per heavy atom. The van der Waals surface area contributed by atoms with Crippen molar-refractivity contribution in [3.63, 3.8) is 0 Å². The number of H-pyrrole nitrogens is 2. The Kier molecular flexibility index (Phi) is 11.5. The summed E-state index contributed by atoms with van der Waals surface area (Å²) >= 11 is 0. The molecule has 298 valence electrons. The number of amides is 3. The highest BCUT2D eigenvalue weighted by Crippen LogP contribution is 2.37. The topological polar surface area (TPSA) is 179 Å². The van der Waals surface area contributed by atoms with E-state index in [9.17, 15) is 14.4 Å². The first-order valence-corrected chi connectivity index (χ1v) is 19.9. The molecule has 0 unspecified atom stereocenters. The summed E-state index contributed by atoms with van der Waals surface area (Å²) in [4.78, 5) is 71.1. The Morgan fingerprint density at radius 1 is 0.789 bits per heavy atom. The van der Waals surface area contributed by atoms with Gasteiger partial charge in [-0.15, -0.1) is 0 Å². The van der Waals surface area contributed by atoms with Gasteiger partial charge in [-0.2, -0.15) is 0 Å². The monoisotopic (exact) mass is 772 g/mol. The highest BCUT2D eigenvalue weighted by molar-refractivity contribution is 5.88. The van der Waals surface area contributed by atoms with Gasteiger partial charge in [-0.05, 0) is 56.8 Å². The van der Waals surface area contributed by atoms with Crippen molar-refractivity contribution >= 4 is 17.9 Å². The van der Waals surface area contributed by atoms with E-state index in [4.69, 9.17) is 15.5 Å². The zero-order valence-corrected chi connectivity index (χ0v) is 33.3. The number of imidazole rings is 2. The predicted octanol–water partition coefficient (Wildman–Crippen LogP) is 6.84. The van der Waals surface area contributed by atoms with E-state index in [-0.39, 0.29) is 35.9 Å². The van der Waals surface area contributed by atoms with Crippen LogP contribution in [0.2, 0.25) is 0 Å². The Hall–Kier alpha value is -5.89. The smallest absolute Gasteiger partial charge is 0.405 e. The second-order valence-corrected chi connectivity index (χ2v) is 15.3. The first-order chi connectivity index (χ1) is 27.5. The molecular formula is C43H52N10O4. The van der Waals surface area contributed by atoms with Gasteiger partial charge in [0.05, 0.1) is 35.9 Å². The number of likely N-dealkylation sites (tertiary alicyclic amines) is 2. The number of hydrogen-bond donors (Lipinski definition) is 3. The van der Waals surface area contributed by atoms with Gasteiger partial charge in [0.25, 0.3) is 5.91 Å². The Bertz CT molecular complexity index is 2160. The van der Waals surface area contributed by atoms with Gasteiger partial charge in [0.1, 0.15) is 17.7 Å². The number of likely N-dealkylation sites (N-methyl/N-ethyl adjacent to an activating group) is 1. The molecule has 2 fully saturated rings. The molecule has 57 heavy (non-hydrogen) atoms. The molecule has 2 aliphatic rings. The number of benzene rings is 2. The molecule has 7 rings (SSSR count). The molecule has 0 radical (unpaired) electrons. The number of carbonyl (C=O) groups excluding carboxylic acids is 3. The molecule has 2 saturated heterocycles. The molecular weight excluding hydrogens is 721 g/mol. The van der Waals surface area contributed by atoms with Gasteiger partial charge in [-0.3, -0.25) is 14.5 Å². The minimum absolute atomic E-state index is 0.115. The van der Waals surface area contributed by atoms with Crippen LogP contribution in [0.25, 0.3) is 33.9 Å². The van der Waals surface area contributed by atoms with Crippen LogP contribution in [0.4, 0.5) is 4.79 Å². The Balaban J connectivity index is 1.02. The second kappa shape index (κ2) is 16.7. The van der Waals surface area contributed by atoms with Crippen LogP contribution in [0.1, 0.15) is 95.6 Å². The fraction of sp³-hybridized carbons (Fsp3) is 0.419. The number of ether oxygens (including phenoxy) is 1. The van der Waals surface area contributed by atoms with E-state index in [0.29, 0.717) is 24.7 Å². The van der Waals surface area contributed by atoms with Gasteiger partial charge in [-0.1, -0.05) is 82.3 Å². The predicted molar refractivity (Wildman–Crippen MR) is 216 cm³/mol. The number of aromatic amines is 2. The fourth-order valence-corrected chi connectivity index (χ4v) is 8.12. The molecule has 3 aromatic heterocycles. The number of nitrogens with one attached hydrogen (secondary N) is 2. The molecule has 14 nitrogen and oxygen atoms in total. The largest absolute Gasteiger partial charge is 0.433 e.